The zero-order chi connectivity index (χ0) is 12.3. The number of hydrogen-bond donors (Lipinski definition) is 1. The lowest BCUT2D eigenvalue weighted by Gasteiger charge is -2.25. The van der Waals surface area contributed by atoms with Gasteiger partial charge in [0.05, 0.1) is 6.10 Å². The second-order valence-corrected chi connectivity index (χ2v) is 6.00. The minimum Gasteiger partial charge on any atom is -0.393 e. The molecular weight excluding hydrogens is 243 g/mol. The molecule has 1 N–H and O–H groups in total. The van der Waals surface area contributed by atoms with Gasteiger partial charge < -0.3 is 5.11 Å². The Morgan fingerprint density at radius 3 is 2.38 bits per heavy atom. The lowest BCUT2D eigenvalue weighted by atomic mass is 9.86. The van der Waals surface area contributed by atoms with Crippen LogP contribution in [0.5, 0.6) is 0 Å². The van der Waals surface area contributed by atoms with Gasteiger partial charge in [-0.25, -0.2) is 0 Å². The average molecular weight is 261 g/mol. The van der Waals surface area contributed by atoms with Gasteiger partial charge >= 0.3 is 0 Å². The summed E-state index contributed by atoms with van der Waals surface area (Å²) in [7, 11) is 0. The molecule has 0 spiro atoms. The van der Waals surface area contributed by atoms with Crippen LogP contribution in [0.4, 0.5) is 0 Å². The van der Waals surface area contributed by atoms with Gasteiger partial charge in [0, 0.05) is 10.0 Å². The first-order chi connectivity index (χ1) is 7.30. The first-order valence-electron chi connectivity index (χ1n) is 5.42. The fourth-order valence-corrected chi connectivity index (χ4v) is 1.95. The van der Waals surface area contributed by atoms with E-state index in [2.05, 4.69) is 0 Å². The van der Waals surface area contributed by atoms with Crippen molar-refractivity contribution in [2.24, 2.45) is 5.41 Å². The van der Waals surface area contributed by atoms with Crippen molar-refractivity contribution in [1.29, 1.82) is 0 Å². The van der Waals surface area contributed by atoms with Crippen molar-refractivity contribution in [3.63, 3.8) is 0 Å². The lowest BCUT2D eigenvalue weighted by Crippen LogP contribution is -2.26. The minimum absolute atomic E-state index is 0.0844. The first-order valence-corrected chi connectivity index (χ1v) is 6.18. The van der Waals surface area contributed by atoms with Crippen molar-refractivity contribution < 1.29 is 5.11 Å². The van der Waals surface area contributed by atoms with Gasteiger partial charge in [0.1, 0.15) is 0 Å². The number of hydrogen-bond acceptors (Lipinski definition) is 1. The van der Waals surface area contributed by atoms with Crippen molar-refractivity contribution in [3.8, 4) is 0 Å². The highest BCUT2D eigenvalue weighted by molar-refractivity contribution is 6.35. The third kappa shape index (κ3) is 3.97. The molecule has 1 rings (SSSR count). The molecule has 1 aromatic rings. The fraction of sp³-hybridized carbons (Fsp3) is 0.538. The second kappa shape index (κ2) is 5.39. The molecule has 16 heavy (non-hydrogen) atoms. The van der Waals surface area contributed by atoms with E-state index in [1.807, 2.05) is 32.9 Å². The van der Waals surface area contributed by atoms with Crippen molar-refractivity contribution in [3.05, 3.63) is 33.8 Å². The summed E-state index contributed by atoms with van der Waals surface area (Å²) in [5.74, 6) is 0. The van der Waals surface area contributed by atoms with Crippen molar-refractivity contribution in [1.82, 2.24) is 0 Å². The van der Waals surface area contributed by atoms with E-state index in [1.54, 1.807) is 6.07 Å². The predicted molar refractivity (Wildman–Crippen MR) is 70.2 cm³/mol. The molecule has 0 saturated heterocycles. The molecule has 90 valence electrons. The third-order valence-electron chi connectivity index (χ3n) is 2.70. The second-order valence-electron chi connectivity index (χ2n) is 5.16. The number of rotatable bonds is 3. The van der Waals surface area contributed by atoms with E-state index >= 15 is 0 Å². The summed E-state index contributed by atoms with van der Waals surface area (Å²) in [6, 6.07) is 5.48. The molecule has 0 radical (unpaired) electrons. The van der Waals surface area contributed by atoms with E-state index < -0.39 is 0 Å². The molecule has 0 aliphatic heterocycles. The Morgan fingerprint density at radius 1 is 1.25 bits per heavy atom. The minimum atomic E-state index is -0.320. The standard InChI is InChI=1S/C13H18Cl2O/c1-13(2,3)12(16)7-5-9-4-6-10(14)8-11(9)15/h4,6,8,12,16H,5,7H2,1-3H3. The zero-order valence-electron chi connectivity index (χ0n) is 9.93. The Morgan fingerprint density at radius 2 is 1.88 bits per heavy atom. The van der Waals surface area contributed by atoms with Gasteiger partial charge in [-0.15, -0.1) is 0 Å². The predicted octanol–water partition coefficient (Wildman–Crippen LogP) is 4.33. The van der Waals surface area contributed by atoms with Crippen molar-refractivity contribution in [2.45, 2.75) is 39.7 Å². The van der Waals surface area contributed by atoms with E-state index in [1.165, 1.54) is 0 Å². The van der Waals surface area contributed by atoms with Crippen LogP contribution in [0.2, 0.25) is 10.0 Å². The molecule has 0 aromatic heterocycles. The molecule has 0 aliphatic rings. The molecule has 0 aliphatic carbocycles. The van der Waals surface area contributed by atoms with Gasteiger partial charge in [-0.2, -0.15) is 0 Å². The van der Waals surface area contributed by atoms with Gasteiger partial charge in [-0.3, -0.25) is 0 Å². The Balaban J connectivity index is 2.62. The normalized spacial score (nSPS) is 13.9. The van der Waals surface area contributed by atoms with Gasteiger partial charge in [-0.05, 0) is 36.0 Å². The average Bonchev–Trinajstić information content (AvgIpc) is 2.14. The summed E-state index contributed by atoms with van der Waals surface area (Å²) in [4.78, 5) is 0. The largest absolute Gasteiger partial charge is 0.393 e. The van der Waals surface area contributed by atoms with Gasteiger partial charge in [0.15, 0.2) is 0 Å². The number of aliphatic hydroxyl groups is 1. The smallest absolute Gasteiger partial charge is 0.0591 e. The maximum atomic E-state index is 9.92. The van der Waals surface area contributed by atoms with Crippen LogP contribution in [0.1, 0.15) is 32.8 Å². The van der Waals surface area contributed by atoms with Crippen LogP contribution >= 0.6 is 23.2 Å². The number of aliphatic hydroxyl groups excluding tert-OH is 1. The highest BCUT2D eigenvalue weighted by Gasteiger charge is 2.21. The molecule has 0 amide bonds. The fourth-order valence-electron chi connectivity index (χ4n) is 1.45. The van der Waals surface area contributed by atoms with Crippen LogP contribution < -0.4 is 0 Å². The van der Waals surface area contributed by atoms with Crippen molar-refractivity contribution >= 4 is 23.2 Å². The van der Waals surface area contributed by atoms with Crippen molar-refractivity contribution in [2.75, 3.05) is 0 Å². The van der Waals surface area contributed by atoms with E-state index in [0.29, 0.717) is 16.5 Å². The first kappa shape index (κ1) is 13.8. The molecule has 0 saturated carbocycles. The van der Waals surface area contributed by atoms with Gasteiger partial charge in [-0.1, -0.05) is 50.0 Å². The summed E-state index contributed by atoms with van der Waals surface area (Å²) >= 11 is 11.9. The maximum Gasteiger partial charge on any atom is 0.0591 e. The summed E-state index contributed by atoms with van der Waals surface area (Å²) in [5, 5.41) is 11.2. The van der Waals surface area contributed by atoms with Crippen LogP contribution in [0.3, 0.4) is 0 Å². The molecule has 1 nitrogen and oxygen atoms in total. The van der Waals surface area contributed by atoms with Crippen LogP contribution in [0.15, 0.2) is 18.2 Å². The number of benzene rings is 1. The van der Waals surface area contributed by atoms with E-state index in [9.17, 15) is 5.11 Å². The van der Waals surface area contributed by atoms with Gasteiger partial charge in [0.2, 0.25) is 0 Å². The molecule has 1 unspecified atom stereocenters. The molecule has 1 aromatic carbocycles. The highest BCUT2D eigenvalue weighted by Crippen LogP contribution is 2.26. The van der Waals surface area contributed by atoms with E-state index in [4.69, 9.17) is 23.2 Å². The lowest BCUT2D eigenvalue weighted by molar-refractivity contribution is 0.0560. The molecule has 0 heterocycles. The zero-order valence-corrected chi connectivity index (χ0v) is 11.4. The molecule has 1 atom stereocenters. The number of halogens is 2. The molecule has 3 heteroatoms. The molecule has 0 bridgehead atoms. The topological polar surface area (TPSA) is 20.2 Å². The van der Waals surface area contributed by atoms with Crippen LogP contribution in [-0.4, -0.2) is 11.2 Å². The molecule has 0 fully saturated rings. The van der Waals surface area contributed by atoms with E-state index in [-0.39, 0.29) is 11.5 Å². The Hall–Kier alpha value is -0.240. The highest BCUT2D eigenvalue weighted by atomic mass is 35.5. The van der Waals surface area contributed by atoms with Crippen LogP contribution in [-0.2, 0) is 6.42 Å². The monoisotopic (exact) mass is 260 g/mol. The van der Waals surface area contributed by atoms with E-state index in [0.717, 1.165) is 12.0 Å². The third-order valence-corrected chi connectivity index (χ3v) is 3.29. The maximum absolute atomic E-state index is 9.92. The SMILES string of the molecule is CC(C)(C)C(O)CCc1ccc(Cl)cc1Cl. The Labute approximate surface area is 107 Å². The quantitative estimate of drug-likeness (QED) is 0.858. The summed E-state index contributed by atoms with van der Waals surface area (Å²) in [6.45, 7) is 6.09. The number of aryl methyl sites for hydroxylation is 1. The Bertz CT molecular complexity index is 355. The Kier molecular flexibility index (Phi) is 4.66. The summed E-state index contributed by atoms with van der Waals surface area (Å²) in [6.07, 6.45) is 1.17. The molecular formula is C13H18Cl2O. The summed E-state index contributed by atoms with van der Waals surface area (Å²) in [5.41, 5.74) is 0.952. The van der Waals surface area contributed by atoms with Gasteiger partial charge in [0.25, 0.3) is 0 Å². The summed E-state index contributed by atoms with van der Waals surface area (Å²) < 4.78 is 0. The van der Waals surface area contributed by atoms with Crippen LogP contribution in [0.25, 0.3) is 0 Å². The van der Waals surface area contributed by atoms with Crippen LogP contribution in [0, 0.1) is 5.41 Å².